The molecule has 7 nitrogen and oxygen atoms in total. The van der Waals surface area contributed by atoms with Crippen LogP contribution in [0.1, 0.15) is 43.9 Å². The molecule has 1 unspecified atom stereocenters. The summed E-state index contributed by atoms with van der Waals surface area (Å²) in [6.07, 6.45) is 0.386. The van der Waals surface area contributed by atoms with Crippen LogP contribution in [0.2, 0.25) is 0 Å². The minimum absolute atomic E-state index is 0.0893. The number of nitrogens with one attached hydrogen (secondary N) is 1. The molecule has 0 fully saturated rings. The third kappa shape index (κ3) is 7.69. The van der Waals surface area contributed by atoms with Crippen LogP contribution in [0.5, 0.6) is 0 Å². The Labute approximate surface area is 232 Å². The number of carbonyl (C=O) groups excluding carboxylic acids is 2. The number of anilines is 1. The lowest BCUT2D eigenvalue weighted by Gasteiger charge is -2.33. The predicted octanol–water partition coefficient (Wildman–Crippen LogP) is 5.08. The van der Waals surface area contributed by atoms with E-state index in [-0.39, 0.29) is 23.3 Å². The Kier molecular flexibility index (Phi) is 10.3. The molecule has 39 heavy (non-hydrogen) atoms. The minimum Gasteiger partial charge on any atom is -0.354 e. The summed E-state index contributed by atoms with van der Waals surface area (Å²) in [7, 11) is -4.07. The quantitative estimate of drug-likeness (QED) is 0.341. The first-order valence-corrected chi connectivity index (χ1v) is 14.7. The van der Waals surface area contributed by atoms with Gasteiger partial charge in [0.15, 0.2) is 0 Å². The number of nitrogens with zero attached hydrogens (tertiary/aromatic N) is 2. The van der Waals surface area contributed by atoms with Crippen LogP contribution < -0.4 is 9.62 Å². The van der Waals surface area contributed by atoms with Crippen molar-refractivity contribution in [1.82, 2.24) is 10.2 Å². The molecule has 0 saturated heterocycles. The van der Waals surface area contributed by atoms with Gasteiger partial charge in [0.1, 0.15) is 12.6 Å². The lowest BCUT2D eigenvalue weighted by molar-refractivity contribution is -0.140. The van der Waals surface area contributed by atoms with Gasteiger partial charge >= 0.3 is 0 Å². The number of hydrogen-bond donors (Lipinski definition) is 1. The molecule has 3 aromatic carbocycles. The number of benzene rings is 3. The third-order valence-corrected chi connectivity index (χ3v) is 8.36. The van der Waals surface area contributed by atoms with Gasteiger partial charge in [-0.25, -0.2) is 8.42 Å². The fourth-order valence-electron chi connectivity index (χ4n) is 4.34. The summed E-state index contributed by atoms with van der Waals surface area (Å²) in [5, 5.41) is 2.95. The van der Waals surface area contributed by atoms with Crippen molar-refractivity contribution in [3.05, 3.63) is 95.6 Å². The van der Waals surface area contributed by atoms with Crippen molar-refractivity contribution in [2.75, 3.05) is 17.4 Å². The number of hydrogen-bond acceptors (Lipinski definition) is 4. The predicted molar refractivity (Wildman–Crippen MR) is 156 cm³/mol. The highest BCUT2D eigenvalue weighted by Gasteiger charge is 2.33. The third-order valence-electron chi connectivity index (χ3n) is 6.57. The molecule has 0 aliphatic carbocycles. The smallest absolute Gasteiger partial charge is 0.264 e. The van der Waals surface area contributed by atoms with E-state index in [4.69, 9.17) is 0 Å². The van der Waals surface area contributed by atoms with E-state index in [2.05, 4.69) is 5.32 Å². The van der Waals surface area contributed by atoms with Crippen molar-refractivity contribution in [2.45, 2.75) is 58.5 Å². The molecule has 0 aliphatic heterocycles. The molecule has 3 aromatic rings. The molecule has 3 rings (SSSR count). The van der Waals surface area contributed by atoms with Crippen molar-refractivity contribution in [1.29, 1.82) is 0 Å². The van der Waals surface area contributed by atoms with Gasteiger partial charge in [-0.15, -0.1) is 0 Å². The lowest BCUT2D eigenvalue weighted by Crippen LogP contribution is -2.52. The second-order valence-corrected chi connectivity index (χ2v) is 12.0. The van der Waals surface area contributed by atoms with E-state index in [1.54, 1.807) is 36.4 Å². The van der Waals surface area contributed by atoms with Crippen LogP contribution in [0, 0.1) is 19.8 Å². The van der Waals surface area contributed by atoms with Crippen LogP contribution >= 0.6 is 0 Å². The van der Waals surface area contributed by atoms with E-state index in [1.807, 2.05) is 65.0 Å². The van der Waals surface area contributed by atoms with Gasteiger partial charge in [-0.3, -0.25) is 13.9 Å². The summed E-state index contributed by atoms with van der Waals surface area (Å²) >= 11 is 0. The first kappa shape index (κ1) is 29.9. The maximum atomic E-state index is 14.1. The molecule has 0 spiro atoms. The number of carbonyl (C=O) groups is 2. The average Bonchev–Trinajstić information content (AvgIpc) is 2.91. The summed E-state index contributed by atoms with van der Waals surface area (Å²) < 4.78 is 28.8. The van der Waals surface area contributed by atoms with E-state index in [9.17, 15) is 18.0 Å². The molecule has 1 N–H and O–H groups in total. The summed E-state index contributed by atoms with van der Waals surface area (Å²) in [6, 6.07) is 22.1. The lowest BCUT2D eigenvalue weighted by atomic mass is 10.1. The van der Waals surface area contributed by atoms with E-state index in [1.165, 1.54) is 17.0 Å². The van der Waals surface area contributed by atoms with E-state index in [0.29, 0.717) is 18.7 Å². The highest BCUT2D eigenvalue weighted by Crippen LogP contribution is 2.26. The van der Waals surface area contributed by atoms with E-state index < -0.39 is 28.5 Å². The van der Waals surface area contributed by atoms with Gasteiger partial charge in [-0.05, 0) is 67.1 Å². The van der Waals surface area contributed by atoms with Gasteiger partial charge in [-0.1, -0.05) is 75.4 Å². The van der Waals surface area contributed by atoms with Gasteiger partial charge < -0.3 is 10.2 Å². The van der Waals surface area contributed by atoms with Crippen LogP contribution in [0.3, 0.4) is 0 Å². The number of sulfonamides is 1. The Morgan fingerprint density at radius 2 is 1.56 bits per heavy atom. The number of rotatable bonds is 12. The number of aryl methyl sites for hydroxylation is 2. The van der Waals surface area contributed by atoms with Gasteiger partial charge in [0.05, 0.1) is 10.6 Å². The second kappa shape index (κ2) is 13.4. The van der Waals surface area contributed by atoms with Crippen LogP contribution in [0.25, 0.3) is 0 Å². The van der Waals surface area contributed by atoms with Crippen molar-refractivity contribution in [3.63, 3.8) is 0 Å². The summed E-state index contributed by atoms with van der Waals surface area (Å²) in [4.78, 5) is 29.0. The summed E-state index contributed by atoms with van der Waals surface area (Å²) in [6.45, 7) is 9.92. The summed E-state index contributed by atoms with van der Waals surface area (Å²) in [5.41, 5.74) is 3.14. The van der Waals surface area contributed by atoms with Crippen molar-refractivity contribution < 1.29 is 18.0 Å². The monoisotopic (exact) mass is 549 g/mol. The summed E-state index contributed by atoms with van der Waals surface area (Å²) in [5.74, 6) is -0.452. The van der Waals surface area contributed by atoms with Crippen molar-refractivity contribution >= 4 is 27.5 Å². The Bertz CT molecular complexity index is 1370. The molecule has 0 aromatic heterocycles. The molecule has 0 heterocycles. The van der Waals surface area contributed by atoms with Gasteiger partial charge in [0, 0.05) is 13.1 Å². The molecular formula is C31H39N3O4S. The molecule has 0 bridgehead atoms. The van der Waals surface area contributed by atoms with Crippen LogP contribution in [0.15, 0.2) is 83.8 Å². The van der Waals surface area contributed by atoms with Crippen molar-refractivity contribution in [2.24, 2.45) is 5.92 Å². The molecule has 208 valence electrons. The topological polar surface area (TPSA) is 86.8 Å². The second-order valence-electron chi connectivity index (χ2n) is 10.2. The average molecular weight is 550 g/mol. The highest BCUT2D eigenvalue weighted by atomic mass is 32.2. The minimum atomic E-state index is -4.07. The normalized spacial score (nSPS) is 12.2. The Balaban J connectivity index is 2.05. The first-order chi connectivity index (χ1) is 18.5. The zero-order valence-electron chi connectivity index (χ0n) is 23.4. The van der Waals surface area contributed by atoms with Crippen LogP contribution in [-0.2, 0) is 26.2 Å². The Hall–Kier alpha value is -3.65. The van der Waals surface area contributed by atoms with Crippen LogP contribution in [-0.4, -0.2) is 44.3 Å². The SMILES string of the molecule is CCC(C(=O)NCC(C)C)N(Cc1ccccc1C)C(=O)CN(c1cccc(C)c1)S(=O)(=O)c1ccccc1. The van der Waals surface area contributed by atoms with E-state index in [0.717, 1.165) is 21.0 Å². The Morgan fingerprint density at radius 3 is 2.18 bits per heavy atom. The fourth-order valence-corrected chi connectivity index (χ4v) is 5.77. The maximum Gasteiger partial charge on any atom is 0.264 e. The fraction of sp³-hybridized carbons (Fsp3) is 0.355. The Morgan fingerprint density at radius 1 is 0.897 bits per heavy atom. The molecule has 0 saturated carbocycles. The highest BCUT2D eigenvalue weighted by molar-refractivity contribution is 7.92. The van der Waals surface area contributed by atoms with Gasteiger partial charge in [0.2, 0.25) is 11.8 Å². The van der Waals surface area contributed by atoms with Gasteiger partial charge in [-0.2, -0.15) is 0 Å². The van der Waals surface area contributed by atoms with Crippen LogP contribution in [0.4, 0.5) is 5.69 Å². The van der Waals surface area contributed by atoms with E-state index >= 15 is 0 Å². The maximum absolute atomic E-state index is 14.1. The number of amides is 2. The molecular weight excluding hydrogens is 510 g/mol. The molecule has 0 aliphatic rings. The zero-order chi connectivity index (χ0) is 28.6. The van der Waals surface area contributed by atoms with Gasteiger partial charge in [0.25, 0.3) is 10.0 Å². The molecule has 2 amide bonds. The largest absolute Gasteiger partial charge is 0.354 e. The molecule has 0 radical (unpaired) electrons. The zero-order valence-corrected chi connectivity index (χ0v) is 24.2. The molecule has 8 heteroatoms. The molecule has 1 atom stereocenters. The van der Waals surface area contributed by atoms with Crippen molar-refractivity contribution in [3.8, 4) is 0 Å². The standard InChI is InChI=1S/C31H39N3O4S/c1-6-29(31(36)32-20-23(2)3)33(21-26-15-11-10-14-25(26)5)30(35)22-34(27-16-12-13-24(4)19-27)39(37,38)28-17-8-7-9-18-28/h7-19,23,29H,6,20-22H2,1-5H3,(H,32,36). The first-order valence-electron chi connectivity index (χ1n) is 13.3.